The van der Waals surface area contributed by atoms with Crippen molar-refractivity contribution in [2.45, 2.75) is 27.3 Å². The maximum atomic E-state index is 13.2. The van der Waals surface area contributed by atoms with E-state index in [9.17, 15) is 18.3 Å². The predicted octanol–water partition coefficient (Wildman–Crippen LogP) is 4.36. The van der Waals surface area contributed by atoms with Crippen LogP contribution in [-0.4, -0.2) is 21.6 Å². The lowest BCUT2D eigenvalue weighted by Gasteiger charge is -2.27. The Hall–Kier alpha value is -1.37. The summed E-state index contributed by atoms with van der Waals surface area (Å²) in [5, 5.41) is 11.5. The fourth-order valence-electron chi connectivity index (χ4n) is 1.65. The van der Waals surface area contributed by atoms with E-state index in [1.54, 1.807) is 42.5 Å². The van der Waals surface area contributed by atoms with Crippen LogP contribution in [0.3, 0.4) is 0 Å². The molecular formula is C16H14F3OS2+. The minimum absolute atomic E-state index is 0.375. The molecule has 22 heavy (non-hydrogen) atoms. The van der Waals surface area contributed by atoms with Gasteiger partial charge >= 0.3 is 6.18 Å². The molecule has 2 aromatic carbocycles. The monoisotopic (exact) mass is 343 g/mol. The van der Waals surface area contributed by atoms with Crippen molar-refractivity contribution in [1.29, 1.82) is 0 Å². The number of alkyl halides is 3. The lowest BCUT2D eigenvalue weighted by atomic mass is 10.2. The van der Waals surface area contributed by atoms with E-state index in [1.807, 2.05) is 18.2 Å². The van der Waals surface area contributed by atoms with Crippen molar-refractivity contribution in [2.75, 3.05) is 0 Å². The van der Waals surface area contributed by atoms with E-state index in [0.717, 1.165) is 4.90 Å². The first-order chi connectivity index (χ1) is 10.4. The molecule has 2 rings (SSSR count). The molecule has 1 nitrogen and oxygen atoms in total. The van der Waals surface area contributed by atoms with Crippen molar-refractivity contribution in [2.24, 2.45) is 0 Å². The summed E-state index contributed by atoms with van der Waals surface area (Å²) in [6.07, 6.45) is -5.23. The van der Waals surface area contributed by atoms with Gasteiger partial charge in [0.1, 0.15) is 0 Å². The summed E-state index contributed by atoms with van der Waals surface area (Å²) in [4.78, 5) is -1.63. The molecule has 1 atom stereocenters. The first-order valence-electron chi connectivity index (χ1n) is 6.47. The summed E-state index contributed by atoms with van der Waals surface area (Å²) in [5.41, 5.74) is 0. The van der Waals surface area contributed by atoms with Crippen LogP contribution in [0.2, 0.25) is 0 Å². The van der Waals surface area contributed by atoms with Gasteiger partial charge in [-0.3, -0.25) is 0 Å². The standard InChI is InChI=1S/C16H14F3OS2/c17-16(18,19)15(20,22-14-9-5-2-6-10-14)11-12-21-13-7-3-1-4-8-13/h1-10,12,20H,11H2/q+1. The molecule has 0 amide bonds. The highest BCUT2D eigenvalue weighted by Crippen LogP contribution is 2.45. The Labute approximate surface area is 135 Å². The van der Waals surface area contributed by atoms with Gasteiger partial charge in [-0.15, -0.1) is 0 Å². The van der Waals surface area contributed by atoms with E-state index >= 15 is 0 Å². The number of rotatable bonds is 5. The summed E-state index contributed by atoms with van der Waals surface area (Å²) in [6, 6.07) is 17.2. The van der Waals surface area contributed by atoms with Gasteiger partial charge in [-0.1, -0.05) is 48.2 Å². The quantitative estimate of drug-likeness (QED) is 0.377. The number of aliphatic hydroxyl groups is 1. The van der Waals surface area contributed by atoms with Crippen LogP contribution in [0.15, 0.2) is 70.5 Å². The van der Waals surface area contributed by atoms with Gasteiger partial charge in [-0.25, -0.2) is 0 Å². The number of thioether (sulfide) groups is 1. The molecular weight excluding hydrogens is 329 g/mol. The molecule has 6 heteroatoms. The molecule has 0 radical (unpaired) electrons. The second kappa shape index (κ2) is 7.26. The van der Waals surface area contributed by atoms with Crippen molar-refractivity contribution in [3.63, 3.8) is 0 Å². The van der Waals surface area contributed by atoms with Gasteiger partial charge < -0.3 is 5.11 Å². The second-order valence-corrected chi connectivity index (χ2v) is 6.89. The van der Waals surface area contributed by atoms with E-state index < -0.39 is 17.5 Å². The van der Waals surface area contributed by atoms with E-state index in [0.29, 0.717) is 16.7 Å². The zero-order valence-corrected chi connectivity index (χ0v) is 13.1. The molecule has 0 heterocycles. The van der Waals surface area contributed by atoms with E-state index in [1.165, 1.54) is 16.7 Å². The van der Waals surface area contributed by atoms with E-state index in [2.05, 4.69) is 0 Å². The normalized spacial score (nSPS) is 14.9. The largest absolute Gasteiger partial charge is 0.427 e. The van der Waals surface area contributed by atoms with Gasteiger partial charge in [0.2, 0.25) is 21.2 Å². The third-order valence-electron chi connectivity index (χ3n) is 2.80. The molecule has 0 aromatic heterocycles. The van der Waals surface area contributed by atoms with Gasteiger partial charge in [-0.2, -0.15) is 13.2 Å². The van der Waals surface area contributed by atoms with Crippen molar-refractivity contribution < 1.29 is 18.3 Å². The Morgan fingerprint density at radius 2 is 1.50 bits per heavy atom. The molecule has 2 aromatic rings. The maximum Gasteiger partial charge on any atom is 0.427 e. The molecule has 0 aliphatic rings. The average Bonchev–Trinajstić information content (AvgIpc) is 2.48. The molecule has 0 fully saturated rings. The Morgan fingerprint density at radius 3 is 2.05 bits per heavy atom. The molecule has 0 bridgehead atoms. The maximum absolute atomic E-state index is 13.2. The van der Waals surface area contributed by atoms with Crippen LogP contribution >= 0.6 is 11.8 Å². The van der Waals surface area contributed by atoms with Crippen LogP contribution in [0.5, 0.6) is 0 Å². The SMILES string of the molecule is OC(CC=[S+]c1ccccc1)(Sc1ccccc1)C(F)(F)F. The Kier molecular flexibility index (Phi) is 5.61. The van der Waals surface area contributed by atoms with Crippen LogP contribution in [0.1, 0.15) is 6.42 Å². The first kappa shape index (κ1) is 17.0. The number of halogens is 3. The summed E-state index contributed by atoms with van der Waals surface area (Å²) in [6.45, 7) is 0. The zero-order chi connectivity index (χ0) is 16.1. The van der Waals surface area contributed by atoms with E-state index in [4.69, 9.17) is 0 Å². The third kappa shape index (κ3) is 4.56. The van der Waals surface area contributed by atoms with Crippen LogP contribution < -0.4 is 0 Å². The molecule has 0 saturated heterocycles. The highest BCUT2D eigenvalue weighted by atomic mass is 32.2. The lowest BCUT2D eigenvalue weighted by Crippen LogP contribution is -2.42. The highest BCUT2D eigenvalue weighted by molar-refractivity contribution is 8.00. The number of benzene rings is 2. The van der Waals surface area contributed by atoms with Crippen molar-refractivity contribution in [3.05, 3.63) is 60.7 Å². The van der Waals surface area contributed by atoms with Crippen molar-refractivity contribution in [1.82, 2.24) is 0 Å². The molecule has 0 saturated carbocycles. The summed E-state index contributed by atoms with van der Waals surface area (Å²) >= 11 is 1.59. The summed E-state index contributed by atoms with van der Waals surface area (Å²) in [7, 11) is 0. The topological polar surface area (TPSA) is 20.2 Å². The summed E-state index contributed by atoms with van der Waals surface area (Å²) in [5.74, 6) is 0. The van der Waals surface area contributed by atoms with E-state index in [-0.39, 0.29) is 0 Å². The zero-order valence-electron chi connectivity index (χ0n) is 11.5. The predicted molar refractivity (Wildman–Crippen MR) is 86.1 cm³/mol. The minimum Gasteiger partial charge on any atom is -0.371 e. The number of hydrogen-bond acceptors (Lipinski definition) is 2. The second-order valence-electron chi connectivity index (χ2n) is 4.50. The molecule has 0 aliphatic carbocycles. The molecule has 1 unspecified atom stereocenters. The van der Waals surface area contributed by atoms with Crippen molar-refractivity contribution >= 4 is 28.5 Å². The smallest absolute Gasteiger partial charge is 0.371 e. The van der Waals surface area contributed by atoms with Crippen LogP contribution in [0, 0.1) is 0 Å². The Balaban J connectivity index is 2.14. The van der Waals surface area contributed by atoms with Gasteiger partial charge in [0.15, 0.2) is 5.37 Å². The van der Waals surface area contributed by atoms with Gasteiger partial charge in [-0.05, 0) is 12.1 Å². The fraction of sp³-hybridized carbons (Fsp3) is 0.188. The minimum atomic E-state index is -4.72. The molecule has 116 valence electrons. The van der Waals surface area contributed by atoms with Crippen LogP contribution in [0.25, 0.3) is 0 Å². The fourth-order valence-corrected chi connectivity index (χ4v) is 3.55. The van der Waals surface area contributed by atoms with Crippen molar-refractivity contribution in [3.8, 4) is 0 Å². The molecule has 0 aliphatic heterocycles. The first-order valence-corrected chi connectivity index (χ1v) is 8.17. The third-order valence-corrected chi connectivity index (χ3v) is 4.92. The van der Waals surface area contributed by atoms with Gasteiger partial charge in [0.25, 0.3) is 0 Å². The average molecular weight is 343 g/mol. The summed E-state index contributed by atoms with van der Waals surface area (Å²) < 4.78 is 39.6. The Morgan fingerprint density at radius 1 is 0.955 bits per heavy atom. The van der Waals surface area contributed by atoms with Crippen LogP contribution in [0.4, 0.5) is 13.2 Å². The van der Waals surface area contributed by atoms with Crippen LogP contribution in [-0.2, 0) is 11.4 Å². The Bertz CT molecular complexity index is 614. The van der Waals surface area contributed by atoms with Gasteiger partial charge in [0, 0.05) is 17.0 Å². The molecule has 1 N–H and O–H groups in total. The number of hydrogen-bond donors (Lipinski definition) is 1. The lowest BCUT2D eigenvalue weighted by molar-refractivity contribution is -0.217. The highest BCUT2D eigenvalue weighted by Gasteiger charge is 2.54. The van der Waals surface area contributed by atoms with Gasteiger partial charge in [0.05, 0.1) is 6.42 Å². The molecule has 0 spiro atoms.